The molecule has 0 saturated carbocycles. The van der Waals surface area contributed by atoms with E-state index in [0.717, 1.165) is 24.3 Å². The first kappa shape index (κ1) is 12.9. The third-order valence-corrected chi connectivity index (χ3v) is 4.28. The van der Waals surface area contributed by atoms with E-state index < -0.39 is 0 Å². The molecule has 20 heavy (non-hydrogen) atoms. The number of thioether (sulfide) groups is 1. The maximum absolute atomic E-state index is 12.0. The van der Waals surface area contributed by atoms with Gasteiger partial charge in [0.2, 0.25) is 0 Å². The van der Waals surface area contributed by atoms with Crippen LogP contribution in [-0.2, 0) is 6.42 Å². The minimum absolute atomic E-state index is 0.191. The summed E-state index contributed by atoms with van der Waals surface area (Å²) in [5.41, 5.74) is 1.89. The number of nitrogens with zero attached hydrogens (tertiary/aromatic N) is 1. The van der Waals surface area contributed by atoms with Crippen molar-refractivity contribution in [2.75, 3.05) is 11.1 Å². The highest BCUT2D eigenvalue weighted by Gasteiger charge is 2.12. The Morgan fingerprint density at radius 2 is 2.20 bits per heavy atom. The number of rotatable bonds is 2. The number of aromatic amines is 1. The van der Waals surface area contributed by atoms with Crippen LogP contribution < -0.4 is 10.9 Å². The van der Waals surface area contributed by atoms with Gasteiger partial charge in [-0.15, -0.1) is 11.8 Å². The smallest absolute Gasteiger partial charge is 0.276 e. The molecule has 102 valence electrons. The highest BCUT2D eigenvalue weighted by molar-refractivity contribution is 7.99. The number of fused-ring (bicyclic) bond motifs is 1. The lowest BCUT2D eigenvalue weighted by Gasteiger charge is -2.16. The van der Waals surface area contributed by atoms with Crippen LogP contribution >= 0.6 is 11.8 Å². The van der Waals surface area contributed by atoms with E-state index in [-0.39, 0.29) is 17.2 Å². The molecule has 3 rings (SSSR count). The van der Waals surface area contributed by atoms with Gasteiger partial charge in [-0.3, -0.25) is 9.59 Å². The summed E-state index contributed by atoms with van der Waals surface area (Å²) >= 11 is 1.85. The number of nitrogens with one attached hydrogen (secondary N) is 2. The molecule has 5 nitrogen and oxygen atoms in total. The van der Waals surface area contributed by atoms with Crippen LogP contribution in [0.25, 0.3) is 0 Å². The van der Waals surface area contributed by atoms with Crippen molar-refractivity contribution in [1.82, 2.24) is 10.2 Å². The van der Waals surface area contributed by atoms with E-state index in [1.54, 1.807) is 0 Å². The molecule has 6 heteroatoms. The van der Waals surface area contributed by atoms with Crippen molar-refractivity contribution in [1.29, 1.82) is 0 Å². The summed E-state index contributed by atoms with van der Waals surface area (Å²) in [5, 5.41) is 8.75. The Kier molecular flexibility index (Phi) is 3.56. The Balaban J connectivity index is 1.79. The molecular weight excluding hydrogens is 274 g/mol. The van der Waals surface area contributed by atoms with Crippen molar-refractivity contribution in [2.45, 2.75) is 17.7 Å². The van der Waals surface area contributed by atoms with Gasteiger partial charge in [0.15, 0.2) is 0 Å². The molecule has 0 saturated heterocycles. The summed E-state index contributed by atoms with van der Waals surface area (Å²) in [4.78, 5) is 24.2. The molecule has 1 aliphatic rings. The summed E-state index contributed by atoms with van der Waals surface area (Å²) in [6, 6.07) is 8.62. The SMILES string of the molecule is O=C(Nc1ccc2c(c1)CCCS2)c1ccc(=O)[nH]n1. The van der Waals surface area contributed by atoms with Gasteiger partial charge in [0, 0.05) is 16.6 Å². The van der Waals surface area contributed by atoms with Crippen LogP contribution in [0.4, 0.5) is 5.69 Å². The van der Waals surface area contributed by atoms with E-state index in [2.05, 4.69) is 15.5 Å². The standard InChI is InChI=1S/C14H13N3O2S/c18-13-6-4-11(16-17-13)14(19)15-10-3-5-12-9(8-10)2-1-7-20-12/h3-6,8H,1-2,7H2,(H,15,19)(H,17,18). The highest BCUT2D eigenvalue weighted by atomic mass is 32.2. The van der Waals surface area contributed by atoms with Crippen molar-refractivity contribution < 1.29 is 4.79 Å². The molecule has 2 aromatic rings. The molecule has 0 radical (unpaired) electrons. The molecule has 0 unspecified atom stereocenters. The van der Waals surface area contributed by atoms with Crippen molar-refractivity contribution >= 4 is 23.4 Å². The van der Waals surface area contributed by atoms with Crippen molar-refractivity contribution in [3.8, 4) is 0 Å². The van der Waals surface area contributed by atoms with Crippen LogP contribution in [0.15, 0.2) is 40.0 Å². The molecule has 1 amide bonds. The highest BCUT2D eigenvalue weighted by Crippen LogP contribution is 2.31. The number of anilines is 1. The van der Waals surface area contributed by atoms with E-state index >= 15 is 0 Å². The normalized spacial score (nSPS) is 13.6. The zero-order valence-corrected chi connectivity index (χ0v) is 11.5. The molecule has 0 spiro atoms. The molecule has 2 heterocycles. The van der Waals surface area contributed by atoms with Gasteiger partial charge in [-0.1, -0.05) is 0 Å². The fourth-order valence-electron chi connectivity index (χ4n) is 2.10. The van der Waals surface area contributed by atoms with Crippen LogP contribution in [-0.4, -0.2) is 21.9 Å². The molecule has 1 aromatic carbocycles. The zero-order chi connectivity index (χ0) is 13.9. The second-order valence-electron chi connectivity index (χ2n) is 4.54. The molecule has 0 aliphatic carbocycles. The largest absolute Gasteiger partial charge is 0.321 e. The summed E-state index contributed by atoms with van der Waals surface area (Å²) in [6.45, 7) is 0. The first-order valence-electron chi connectivity index (χ1n) is 6.35. The quantitative estimate of drug-likeness (QED) is 0.886. The maximum Gasteiger partial charge on any atom is 0.276 e. The lowest BCUT2D eigenvalue weighted by atomic mass is 10.1. The van der Waals surface area contributed by atoms with Gasteiger partial charge >= 0.3 is 0 Å². The summed E-state index contributed by atoms with van der Waals surface area (Å²) in [7, 11) is 0. The molecule has 0 bridgehead atoms. The second-order valence-corrected chi connectivity index (χ2v) is 5.67. The third kappa shape index (κ3) is 2.75. The number of benzene rings is 1. The van der Waals surface area contributed by atoms with Crippen LogP contribution in [0.3, 0.4) is 0 Å². The van der Waals surface area contributed by atoms with Crippen LogP contribution in [0.1, 0.15) is 22.5 Å². The van der Waals surface area contributed by atoms with E-state index in [1.807, 2.05) is 30.0 Å². The Morgan fingerprint density at radius 1 is 1.30 bits per heavy atom. The lowest BCUT2D eigenvalue weighted by molar-refractivity contribution is 0.102. The molecular formula is C14H13N3O2S. The van der Waals surface area contributed by atoms with E-state index in [0.29, 0.717) is 0 Å². The van der Waals surface area contributed by atoms with E-state index in [9.17, 15) is 9.59 Å². The van der Waals surface area contributed by atoms with Gasteiger partial charge in [-0.25, -0.2) is 5.10 Å². The Bertz CT molecular complexity index is 691. The number of carbonyl (C=O) groups excluding carboxylic acids is 1. The minimum Gasteiger partial charge on any atom is -0.321 e. The number of H-pyrrole nitrogens is 1. The van der Waals surface area contributed by atoms with Gasteiger partial charge in [-0.2, -0.15) is 5.10 Å². The average molecular weight is 287 g/mol. The molecule has 0 fully saturated rings. The summed E-state index contributed by atoms with van der Waals surface area (Å²) < 4.78 is 0. The first-order chi connectivity index (χ1) is 9.72. The van der Waals surface area contributed by atoms with Gasteiger partial charge in [-0.05, 0) is 48.4 Å². The second kappa shape index (κ2) is 5.50. The third-order valence-electron chi connectivity index (χ3n) is 3.08. The average Bonchev–Trinajstić information content (AvgIpc) is 2.48. The predicted octanol–water partition coefficient (Wildman–Crippen LogP) is 2.06. The van der Waals surface area contributed by atoms with E-state index in [4.69, 9.17) is 0 Å². The minimum atomic E-state index is -0.329. The van der Waals surface area contributed by atoms with E-state index in [1.165, 1.54) is 22.6 Å². The predicted molar refractivity (Wildman–Crippen MR) is 78.3 cm³/mol. The number of hydrogen-bond donors (Lipinski definition) is 2. The molecule has 0 atom stereocenters. The molecule has 2 N–H and O–H groups in total. The molecule has 1 aliphatic heterocycles. The van der Waals surface area contributed by atoms with Crippen molar-refractivity contribution in [3.63, 3.8) is 0 Å². The number of aryl methyl sites for hydroxylation is 1. The monoisotopic (exact) mass is 287 g/mol. The van der Waals surface area contributed by atoms with Gasteiger partial charge in [0.1, 0.15) is 5.69 Å². The van der Waals surface area contributed by atoms with Crippen LogP contribution in [0.5, 0.6) is 0 Å². The summed E-state index contributed by atoms with van der Waals surface area (Å²) in [5.74, 6) is 0.824. The zero-order valence-electron chi connectivity index (χ0n) is 10.7. The number of aromatic nitrogens is 2. The van der Waals surface area contributed by atoms with Gasteiger partial charge in [0.25, 0.3) is 11.5 Å². The van der Waals surface area contributed by atoms with Crippen LogP contribution in [0.2, 0.25) is 0 Å². The lowest BCUT2D eigenvalue weighted by Crippen LogP contribution is -2.17. The first-order valence-corrected chi connectivity index (χ1v) is 7.34. The van der Waals surface area contributed by atoms with Gasteiger partial charge in [0.05, 0.1) is 0 Å². The van der Waals surface area contributed by atoms with Crippen molar-refractivity contribution in [2.24, 2.45) is 0 Å². The van der Waals surface area contributed by atoms with Gasteiger partial charge < -0.3 is 5.32 Å². The Morgan fingerprint density at radius 3 is 3.00 bits per heavy atom. The Hall–Kier alpha value is -2.08. The topological polar surface area (TPSA) is 74.8 Å². The number of amides is 1. The fraction of sp³-hybridized carbons (Fsp3) is 0.214. The Labute approximate surface area is 119 Å². The number of carbonyl (C=O) groups is 1. The number of hydrogen-bond acceptors (Lipinski definition) is 4. The molecule has 1 aromatic heterocycles. The van der Waals surface area contributed by atoms with Crippen LogP contribution in [0, 0.1) is 0 Å². The van der Waals surface area contributed by atoms with Crippen molar-refractivity contribution in [3.05, 3.63) is 51.9 Å². The maximum atomic E-state index is 12.0. The fourth-order valence-corrected chi connectivity index (χ4v) is 3.12. The summed E-state index contributed by atoms with van der Waals surface area (Å²) in [6.07, 6.45) is 2.21.